The molecule has 0 aromatic heterocycles. The summed E-state index contributed by atoms with van der Waals surface area (Å²) in [5, 5.41) is 0. The maximum absolute atomic E-state index is 14.5. The minimum Gasteiger partial charge on any atom is -0.494 e. The van der Waals surface area contributed by atoms with E-state index < -0.39 is 17.3 Å². The molecule has 0 N–H and O–H groups in total. The molecule has 4 aromatic rings. The summed E-state index contributed by atoms with van der Waals surface area (Å²) in [7, 11) is 0. The van der Waals surface area contributed by atoms with Crippen LogP contribution in [0.15, 0.2) is 107 Å². The molecular weight excluding hydrogens is 552 g/mol. The van der Waals surface area contributed by atoms with Gasteiger partial charge < -0.3 is 4.74 Å². The summed E-state index contributed by atoms with van der Waals surface area (Å²) >= 11 is 3.54. The molecule has 1 heterocycles. The number of amides is 2. The molecule has 0 spiro atoms. The van der Waals surface area contributed by atoms with Crippen molar-refractivity contribution in [3.05, 3.63) is 124 Å². The summed E-state index contributed by atoms with van der Waals surface area (Å²) in [6, 6.07) is 31.6. The fourth-order valence-corrected chi connectivity index (χ4v) is 7.16. The van der Waals surface area contributed by atoms with Crippen molar-refractivity contribution in [3.8, 4) is 5.75 Å². The van der Waals surface area contributed by atoms with E-state index >= 15 is 0 Å². The summed E-state index contributed by atoms with van der Waals surface area (Å²) in [5.41, 5.74) is 4.54. The number of nitrogens with zero attached hydrogens (tertiary/aromatic N) is 2. The Balaban J connectivity index is 1.46. The average Bonchev–Trinajstić information content (AvgIpc) is 3.20. The van der Waals surface area contributed by atoms with E-state index in [0.717, 1.165) is 32.4 Å². The second-order valence-electron chi connectivity index (χ2n) is 10.2. The highest BCUT2D eigenvalue weighted by atomic mass is 79.9. The Hall–Kier alpha value is -4.03. The molecule has 192 valence electrons. The lowest BCUT2D eigenvalue weighted by Crippen LogP contribution is -2.51. The van der Waals surface area contributed by atoms with Gasteiger partial charge in [-0.15, -0.1) is 0 Å². The number of aliphatic imine (C=N–C) groups is 1. The monoisotopic (exact) mass is 576 g/mol. The van der Waals surface area contributed by atoms with E-state index in [1.54, 1.807) is 12.1 Å². The fraction of sp³-hybridized carbons (Fsp3) is 0.182. The smallest absolute Gasteiger partial charge is 0.239 e. The van der Waals surface area contributed by atoms with Crippen molar-refractivity contribution in [2.75, 3.05) is 11.5 Å². The van der Waals surface area contributed by atoms with Crippen LogP contribution in [-0.2, 0) is 15.0 Å². The number of carbonyl (C=O) groups is 2. The molecule has 5 aliphatic carbocycles. The first kappa shape index (κ1) is 24.0. The first-order chi connectivity index (χ1) is 19.0. The van der Waals surface area contributed by atoms with Gasteiger partial charge in [0, 0.05) is 16.6 Å². The number of ether oxygens (including phenoxy) is 1. The van der Waals surface area contributed by atoms with Gasteiger partial charge in [0.1, 0.15) is 5.75 Å². The molecule has 0 saturated carbocycles. The standard InChI is InChI=1S/C33H25BrN2O3/c1-2-39-25-16-14-24(15-17-25)36-31(37)29-28-20-10-12-21(13-11-20)33(30(29)32(36)38,27-9-4-3-8-26(27)28)19-35-23-7-5-6-22(34)18-23/h3-19,28-30H,2H2,1H3/t28-,29+,30+,33-/m0/s1. The Kier molecular flexibility index (Phi) is 5.56. The van der Waals surface area contributed by atoms with Gasteiger partial charge in [-0.3, -0.25) is 14.6 Å². The summed E-state index contributed by atoms with van der Waals surface area (Å²) in [4.78, 5) is 35.2. The third-order valence-electron chi connectivity index (χ3n) is 8.32. The maximum atomic E-state index is 14.5. The lowest BCUT2D eigenvalue weighted by Gasteiger charge is -2.48. The fourth-order valence-electron chi connectivity index (χ4n) is 6.77. The highest BCUT2D eigenvalue weighted by Crippen LogP contribution is 2.60. The molecule has 0 unspecified atom stereocenters. The zero-order valence-corrected chi connectivity index (χ0v) is 22.8. The summed E-state index contributed by atoms with van der Waals surface area (Å²) in [6.45, 7) is 2.47. The molecule has 2 amide bonds. The largest absolute Gasteiger partial charge is 0.494 e. The molecule has 39 heavy (non-hydrogen) atoms. The van der Waals surface area contributed by atoms with E-state index in [0.29, 0.717) is 18.0 Å². The lowest BCUT2D eigenvalue weighted by atomic mass is 9.52. The SMILES string of the molecule is CCOc1ccc(N2C(=O)[C@@H]3[C@H]4c5ccc(cc5)[C@@](C=Nc5cccc(Br)c5)(c5ccccc54)[C@H]3C2=O)cc1. The zero-order valence-electron chi connectivity index (χ0n) is 21.3. The maximum Gasteiger partial charge on any atom is 0.239 e. The Morgan fingerprint density at radius 3 is 2.44 bits per heavy atom. The van der Waals surface area contributed by atoms with Crippen molar-refractivity contribution in [3.63, 3.8) is 0 Å². The van der Waals surface area contributed by atoms with Crippen LogP contribution in [-0.4, -0.2) is 24.6 Å². The van der Waals surface area contributed by atoms with Crippen LogP contribution >= 0.6 is 15.9 Å². The van der Waals surface area contributed by atoms with Gasteiger partial charge in [-0.1, -0.05) is 70.5 Å². The quantitative estimate of drug-likeness (QED) is 0.194. The number of carbonyl (C=O) groups excluding carboxylic acids is 2. The second kappa shape index (κ2) is 9.02. The number of hydrogen-bond acceptors (Lipinski definition) is 4. The first-order valence-electron chi connectivity index (χ1n) is 13.1. The summed E-state index contributed by atoms with van der Waals surface area (Å²) in [5.74, 6) is -1.07. The van der Waals surface area contributed by atoms with Gasteiger partial charge >= 0.3 is 0 Å². The van der Waals surface area contributed by atoms with E-state index in [9.17, 15) is 9.59 Å². The molecule has 1 saturated heterocycles. The van der Waals surface area contributed by atoms with Crippen LogP contribution in [0.5, 0.6) is 5.75 Å². The third-order valence-corrected chi connectivity index (χ3v) is 8.81. The Bertz CT molecular complexity index is 1650. The molecule has 10 rings (SSSR count). The van der Waals surface area contributed by atoms with Crippen LogP contribution in [0.4, 0.5) is 11.4 Å². The molecule has 6 aliphatic rings. The van der Waals surface area contributed by atoms with Crippen LogP contribution in [0.25, 0.3) is 0 Å². The minimum absolute atomic E-state index is 0.170. The summed E-state index contributed by atoms with van der Waals surface area (Å²) < 4.78 is 6.52. The predicted molar refractivity (Wildman–Crippen MR) is 155 cm³/mol. The van der Waals surface area contributed by atoms with Crippen LogP contribution in [0.2, 0.25) is 0 Å². The number of anilines is 1. The van der Waals surface area contributed by atoms with Crippen molar-refractivity contribution < 1.29 is 14.3 Å². The summed E-state index contributed by atoms with van der Waals surface area (Å²) in [6.07, 6.45) is 1.91. The van der Waals surface area contributed by atoms with E-state index in [1.165, 1.54) is 4.90 Å². The van der Waals surface area contributed by atoms with E-state index in [4.69, 9.17) is 9.73 Å². The Morgan fingerprint density at radius 2 is 1.69 bits per heavy atom. The van der Waals surface area contributed by atoms with Gasteiger partial charge in [-0.2, -0.15) is 0 Å². The predicted octanol–water partition coefficient (Wildman–Crippen LogP) is 6.80. The Labute approximate surface area is 235 Å². The van der Waals surface area contributed by atoms with Gasteiger partial charge in [0.05, 0.1) is 35.2 Å². The number of halogens is 1. The molecule has 4 atom stereocenters. The van der Waals surface area contributed by atoms with Gasteiger partial charge in [0.15, 0.2) is 0 Å². The number of rotatable bonds is 5. The van der Waals surface area contributed by atoms with Crippen molar-refractivity contribution >= 4 is 45.3 Å². The van der Waals surface area contributed by atoms with Crippen molar-refractivity contribution in [1.29, 1.82) is 0 Å². The molecule has 5 nitrogen and oxygen atoms in total. The molecule has 0 radical (unpaired) electrons. The minimum atomic E-state index is -0.911. The van der Waals surface area contributed by atoms with Crippen LogP contribution < -0.4 is 9.64 Å². The first-order valence-corrected chi connectivity index (χ1v) is 13.9. The van der Waals surface area contributed by atoms with Gasteiger partial charge in [-0.05, 0) is 71.6 Å². The Morgan fingerprint density at radius 1 is 0.923 bits per heavy atom. The van der Waals surface area contributed by atoms with Crippen LogP contribution in [0.3, 0.4) is 0 Å². The molecular formula is C33H25BrN2O3. The van der Waals surface area contributed by atoms with Crippen molar-refractivity contribution in [2.45, 2.75) is 18.3 Å². The molecule has 1 aliphatic heterocycles. The third kappa shape index (κ3) is 3.47. The van der Waals surface area contributed by atoms with Gasteiger partial charge in [-0.25, -0.2) is 4.90 Å². The van der Waals surface area contributed by atoms with Crippen LogP contribution in [0, 0.1) is 11.8 Å². The van der Waals surface area contributed by atoms with E-state index in [2.05, 4.69) is 52.3 Å². The lowest BCUT2D eigenvalue weighted by molar-refractivity contribution is -0.122. The number of benzene rings is 4. The van der Waals surface area contributed by atoms with Crippen molar-refractivity contribution in [2.24, 2.45) is 16.8 Å². The molecule has 4 aromatic carbocycles. The highest BCUT2D eigenvalue weighted by Gasteiger charge is 2.65. The zero-order chi connectivity index (χ0) is 26.7. The second-order valence-corrected chi connectivity index (χ2v) is 11.2. The van der Waals surface area contributed by atoms with Crippen molar-refractivity contribution in [1.82, 2.24) is 0 Å². The molecule has 1 fully saturated rings. The normalized spacial score (nSPS) is 24.6. The van der Waals surface area contributed by atoms with Gasteiger partial charge in [0.2, 0.25) is 11.8 Å². The number of hydrogen-bond donors (Lipinski definition) is 0. The highest BCUT2D eigenvalue weighted by molar-refractivity contribution is 9.10. The molecule has 6 heteroatoms. The topological polar surface area (TPSA) is 59.0 Å². The van der Waals surface area contributed by atoms with Crippen LogP contribution in [0.1, 0.15) is 35.1 Å². The van der Waals surface area contributed by atoms with E-state index in [1.807, 2.05) is 61.7 Å². The van der Waals surface area contributed by atoms with Gasteiger partial charge in [0.25, 0.3) is 0 Å². The average molecular weight is 577 g/mol. The van der Waals surface area contributed by atoms with E-state index in [-0.39, 0.29) is 17.7 Å². The number of imide groups is 1. The molecule has 4 bridgehead atoms.